The number of aromatic nitrogens is 1. The Morgan fingerprint density at radius 1 is 1.00 bits per heavy atom. The Kier molecular flexibility index (Phi) is 5.19. The van der Waals surface area contributed by atoms with Gasteiger partial charge in [-0.3, -0.25) is 4.98 Å². The smallest absolute Gasteiger partial charge is 0.0645 e. The molecule has 0 N–H and O–H groups in total. The zero-order valence-corrected chi connectivity index (χ0v) is 13.0. The Bertz CT molecular complexity index is 505. The van der Waals surface area contributed by atoms with E-state index in [9.17, 15) is 0 Å². The van der Waals surface area contributed by atoms with E-state index < -0.39 is 0 Å². The van der Waals surface area contributed by atoms with Crippen LogP contribution in [0.5, 0.6) is 0 Å². The van der Waals surface area contributed by atoms with Crippen molar-refractivity contribution < 1.29 is 0 Å². The maximum absolute atomic E-state index is 6.85. The molecule has 0 aliphatic carbocycles. The van der Waals surface area contributed by atoms with Crippen LogP contribution in [0, 0.1) is 5.41 Å². The predicted molar refractivity (Wildman–Crippen MR) is 86.0 cm³/mol. The van der Waals surface area contributed by atoms with E-state index in [-0.39, 0.29) is 10.8 Å². The third-order valence-corrected chi connectivity index (χ3v) is 5.01. The molecule has 0 bridgehead atoms. The van der Waals surface area contributed by atoms with Gasteiger partial charge in [0, 0.05) is 11.9 Å². The van der Waals surface area contributed by atoms with Gasteiger partial charge in [-0.25, -0.2) is 0 Å². The van der Waals surface area contributed by atoms with Crippen molar-refractivity contribution in [3.05, 3.63) is 66.0 Å². The summed E-state index contributed by atoms with van der Waals surface area (Å²) >= 11 is 6.85. The van der Waals surface area contributed by atoms with Crippen molar-refractivity contribution in [3.8, 4) is 0 Å². The summed E-state index contributed by atoms with van der Waals surface area (Å²) in [6, 6.07) is 16.5. The van der Waals surface area contributed by atoms with Crippen molar-refractivity contribution in [1.82, 2.24) is 4.98 Å². The van der Waals surface area contributed by atoms with E-state index in [1.165, 1.54) is 5.56 Å². The number of hydrogen-bond acceptors (Lipinski definition) is 1. The zero-order valence-electron chi connectivity index (χ0n) is 12.2. The average Bonchev–Trinajstić information content (AvgIpc) is 2.54. The summed E-state index contributed by atoms with van der Waals surface area (Å²) in [5.41, 5.74) is 2.38. The third-order valence-electron chi connectivity index (χ3n) is 4.30. The number of rotatable bonds is 6. The fourth-order valence-electron chi connectivity index (χ4n) is 2.79. The number of nitrogens with zero attached hydrogens (tertiary/aromatic N) is 1. The second kappa shape index (κ2) is 6.90. The first kappa shape index (κ1) is 15.1. The first-order chi connectivity index (χ1) is 9.72. The molecular weight excluding hydrogens is 266 g/mol. The van der Waals surface area contributed by atoms with Crippen molar-refractivity contribution >= 4 is 11.6 Å². The largest absolute Gasteiger partial charge is 0.261 e. The van der Waals surface area contributed by atoms with Crippen LogP contribution in [0.1, 0.15) is 43.3 Å². The van der Waals surface area contributed by atoms with Gasteiger partial charge in [-0.05, 0) is 42.4 Å². The first-order valence-electron chi connectivity index (χ1n) is 7.31. The van der Waals surface area contributed by atoms with Crippen LogP contribution in [0.25, 0.3) is 0 Å². The van der Waals surface area contributed by atoms with E-state index in [1.807, 2.05) is 24.4 Å². The minimum absolute atomic E-state index is 0.0145. The SMILES string of the molecule is CCC(CC)(Cc1ccccn1)C(Cl)c1ccccc1. The minimum Gasteiger partial charge on any atom is -0.261 e. The fraction of sp³-hybridized carbons (Fsp3) is 0.389. The number of alkyl halides is 1. The molecule has 0 amide bonds. The Hall–Kier alpha value is -1.34. The normalized spacial score (nSPS) is 13.2. The second-order valence-corrected chi connectivity index (χ2v) is 5.78. The van der Waals surface area contributed by atoms with Gasteiger partial charge >= 0.3 is 0 Å². The van der Waals surface area contributed by atoms with Crippen molar-refractivity contribution in [2.45, 2.75) is 38.5 Å². The van der Waals surface area contributed by atoms with Gasteiger partial charge in [0.25, 0.3) is 0 Å². The van der Waals surface area contributed by atoms with Gasteiger partial charge in [-0.15, -0.1) is 11.6 Å². The van der Waals surface area contributed by atoms with Gasteiger partial charge < -0.3 is 0 Å². The lowest BCUT2D eigenvalue weighted by Crippen LogP contribution is -2.28. The Labute approximate surface area is 127 Å². The highest BCUT2D eigenvalue weighted by molar-refractivity contribution is 6.21. The molecule has 0 spiro atoms. The Morgan fingerprint density at radius 3 is 2.20 bits per heavy atom. The molecular formula is C18H22ClN. The molecule has 0 radical (unpaired) electrons. The number of benzene rings is 1. The lowest BCUT2D eigenvalue weighted by atomic mass is 9.73. The maximum Gasteiger partial charge on any atom is 0.0645 e. The van der Waals surface area contributed by atoms with E-state index in [4.69, 9.17) is 11.6 Å². The Morgan fingerprint density at radius 2 is 1.65 bits per heavy atom. The van der Waals surface area contributed by atoms with Crippen LogP contribution in [0.3, 0.4) is 0 Å². The molecule has 2 aromatic rings. The van der Waals surface area contributed by atoms with Gasteiger partial charge in [0.1, 0.15) is 0 Å². The topological polar surface area (TPSA) is 12.9 Å². The van der Waals surface area contributed by atoms with Gasteiger partial charge in [0.05, 0.1) is 5.38 Å². The molecule has 2 heteroatoms. The zero-order chi connectivity index (χ0) is 14.4. The molecule has 1 aromatic carbocycles. The number of pyridine rings is 1. The van der Waals surface area contributed by atoms with Crippen molar-refractivity contribution in [2.24, 2.45) is 5.41 Å². The summed E-state index contributed by atoms with van der Waals surface area (Å²) in [6.07, 6.45) is 4.87. The first-order valence-corrected chi connectivity index (χ1v) is 7.74. The summed E-state index contributed by atoms with van der Waals surface area (Å²) in [6.45, 7) is 4.45. The molecule has 1 atom stereocenters. The van der Waals surface area contributed by atoms with Crippen LogP contribution in [-0.2, 0) is 6.42 Å². The van der Waals surface area contributed by atoms with Gasteiger partial charge in [-0.1, -0.05) is 50.2 Å². The van der Waals surface area contributed by atoms with Crippen LogP contribution in [0.2, 0.25) is 0 Å². The van der Waals surface area contributed by atoms with Crippen LogP contribution in [0.15, 0.2) is 54.7 Å². The van der Waals surface area contributed by atoms with Crippen LogP contribution < -0.4 is 0 Å². The van der Waals surface area contributed by atoms with Crippen molar-refractivity contribution in [1.29, 1.82) is 0 Å². The second-order valence-electron chi connectivity index (χ2n) is 5.34. The van der Waals surface area contributed by atoms with E-state index >= 15 is 0 Å². The lowest BCUT2D eigenvalue weighted by Gasteiger charge is -2.36. The van der Waals surface area contributed by atoms with E-state index in [2.05, 4.69) is 49.2 Å². The molecule has 0 fully saturated rings. The van der Waals surface area contributed by atoms with Gasteiger partial charge in [0.15, 0.2) is 0 Å². The lowest BCUT2D eigenvalue weighted by molar-refractivity contribution is 0.244. The third kappa shape index (κ3) is 3.21. The van der Waals surface area contributed by atoms with E-state index in [0.29, 0.717) is 0 Å². The summed E-state index contributed by atoms with van der Waals surface area (Å²) < 4.78 is 0. The van der Waals surface area contributed by atoms with Crippen molar-refractivity contribution in [3.63, 3.8) is 0 Å². The Balaban J connectivity index is 2.29. The number of halogens is 1. The molecule has 0 saturated heterocycles. The molecule has 2 rings (SSSR count). The molecule has 20 heavy (non-hydrogen) atoms. The van der Waals surface area contributed by atoms with E-state index in [0.717, 1.165) is 25.0 Å². The molecule has 1 aromatic heterocycles. The van der Waals surface area contributed by atoms with Gasteiger partial charge in [0.2, 0.25) is 0 Å². The maximum atomic E-state index is 6.85. The minimum atomic E-state index is 0.0145. The molecule has 1 nitrogen and oxygen atoms in total. The summed E-state index contributed by atoms with van der Waals surface area (Å²) in [7, 11) is 0. The number of hydrogen-bond donors (Lipinski definition) is 0. The summed E-state index contributed by atoms with van der Waals surface area (Å²) in [4.78, 5) is 4.48. The highest BCUT2D eigenvalue weighted by atomic mass is 35.5. The summed E-state index contributed by atoms with van der Waals surface area (Å²) in [5, 5.41) is 0.0145. The molecule has 1 unspecified atom stereocenters. The highest BCUT2D eigenvalue weighted by Gasteiger charge is 2.35. The van der Waals surface area contributed by atoms with Crippen molar-refractivity contribution in [2.75, 3.05) is 0 Å². The van der Waals surface area contributed by atoms with Crippen LogP contribution in [0.4, 0.5) is 0 Å². The highest BCUT2D eigenvalue weighted by Crippen LogP contribution is 2.46. The predicted octanol–water partition coefficient (Wildman–Crippen LogP) is 5.41. The van der Waals surface area contributed by atoms with E-state index in [1.54, 1.807) is 0 Å². The monoisotopic (exact) mass is 287 g/mol. The van der Waals surface area contributed by atoms with Crippen LogP contribution >= 0.6 is 11.6 Å². The standard InChI is InChI=1S/C18H22ClN/c1-3-18(4-2,14-16-12-8-9-13-20-16)17(19)15-10-6-5-7-11-15/h5-13,17H,3-4,14H2,1-2H3. The van der Waals surface area contributed by atoms with Crippen LogP contribution in [-0.4, -0.2) is 4.98 Å². The van der Waals surface area contributed by atoms with Gasteiger partial charge in [-0.2, -0.15) is 0 Å². The summed E-state index contributed by atoms with van der Waals surface area (Å²) in [5.74, 6) is 0. The molecule has 0 saturated carbocycles. The fourth-order valence-corrected chi connectivity index (χ4v) is 3.32. The molecule has 0 aliphatic heterocycles. The molecule has 0 aliphatic rings. The molecule has 1 heterocycles. The average molecular weight is 288 g/mol. The quantitative estimate of drug-likeness (QED) is 0.647. The molecule has 106 valence electrons.